The number of carbonyl (C=O) groups is 2. The minimum absolute atomic E-state index is 0.0247. The molecule has 214 valence electrons. The van der Waals surface area contributed by atoms with Gasteiger partial charge in [0.2, 0.25) is 11.8 Å². The Morgan fingerprint density at radius 2 is 1.52 bits per heavy atom. The van der Waals surface area contributed by atoms with Crippen molar-refractivity contribution in [2.45, 2.75) is 64.1 Å². The minimum Gasteiger partial charge on any atom is -0.352 e. The monoisotopic (exact) mass is 603 g/mol. The number of aryl methyl sites for hydroxylation is 1. The molecule has 0 fully saturated rings. The highest BCUT2D eigenvalue weighted by molar-refractivity contribution is 7.92. The molecule has 1 N–H and O–H groups in total. The third kappa shape index (κ3) is 7.77. The number of nitrogens with zero attached hydrogens (tertiary/aromatic N) is 2. The Balaban J connectivity index is 2.06. The largest absolute Gasteiger partial charge is 0.352 e. The summed E-state index contributed by atoms with van der Waals surface area (Å²) in [5, 5.41) is 3.68. The molecule has 0 saturated carbocycles. The van der Waals surface area contributed by atoms with Crippen LogP contribution in [0.15, 0.2) is 77.7 Å². The lowest BCUT2D eigenvalue weighted by atomic mass is 10.1. The molecule has 0 aliphatic rings. The van der Waals surface area contributed by atoms with Crippen molar-refractivity contribution in [1.82, 2.24) is 10.2 Å². The maximum atomic E-state index is 14.1. The lowest BCUT2D eigenvalue weighted by molar-refractivity contribution is -0.140. The van der Waals surface area contributed by atoms with Crippen LogP contribution in [0.25, 0.3) is 0 Å². The van der Waals surface area contributed by atoms with Gasteiger partial charge >= 0.3 is 0 Å². The quantitative estimate of drug-likeness (QED) is 0.266. The van der Waals surface area contributed by atoms with E-state index in [1.54, 1.807) is 60.7 Å². The number of nitrogens with one attached hydrogen (secondary N) is 1. The third-order valence-electron chi connectivity index (χ3n) is 6.66. The van der Waals surface area contributed by atoms with Crippen LogP contribution < -0.4 is 9.62 Å². The number of rotatable bonds is 12. The van der Waals surface area contributed by atoms with Gasteiger partial charge in [-0.3, -0.25) is 13.9 Å². The molecule has 3 aromatic carbocycles. The fraction of sp³-hybridized carbons (Fsp3) is 0.333. The second-order valence-electron chi connectivity index (χ2n) is 9.67. The predicted octanol–water partition coefficient (Wildman–Crippen LogP) is 6.22. The second-order valence-corrected chi connectivity index (χ2v) is 12.4. The Labute approximate surface area is 247 Å². The number of para-hydroxylation sites is 1. The van der Waals surface area contributed by atoms with E-state index in [-0.39, 0.29) is 34.1 Å². The van der Waals surface area contributed by atoms with Gasteiger partial charge in [-0.25, -0.2) is 8.42 Å². The smallest absolute Gasteiger partial charge is 0.264 e. The number of halogens is 2. The van der Waals surface area contributed by atoms with Crippen molar-refractivity contribution in [2.24, 2.45) is 0 Å². The molecule has 7 nitrogen and oxygen atoms in total. The van der Waals surface area contributed by atoms with Gasteiger partial charge in [-0.05, 0) is 68.7 Å². The summed E-state index contributed by atoms with van der Waals surface area (Å²) in [7, 11) is -4.19. The van der Waals surface area contributed by atoms with E-state index in [9.17, 15) is 18.0 Å². The van der Waals surface area contributed by atoms with E-state index < -0.39 is 28.5 Å². The van der Waals surface area contributed by atoms with Crippen LogP contribution in [0.3, 0.4) is 0 Å². The van der Waals surface area contributed by atoms with Crippen LogP contribution in [0.5, 0.6) is 0 Å². The van der Waals surface area contributed by atoms with Crippen LogP contribution in [0.1, 0.15) is 44.7 Å². The van der Waals surface area contributed by atoms with Crippen molar-refractivity contribution in [1.29, 1.82) is 0 Å². The Kier molecular flexibility index (Phi) is 11.0. The molecule has 2 atom stereocenters. The summed E-state index contributed by atoms with van der Waals surface area (Å²) in [5.41, 5.74) is 1.81. The van der Waals surface area contributed by atoms with Gasteiger partial charge in [0.15, 0.2) is 0 Å². The zero-order valence-corrected chi connectivity index (χ0v) is 25.4. The molecular formula is C30H35Cl2N3O4S. The average Bonchev–Trinajstić information content (AvgIpc) is 2.93. The maximum Gasteiger partial charge on any atom is 0.264 e. The van der Waals surface area contributed by atoms with E-state index in [2.05, 4.69) is 5.32 Å². The lowest BCUT2D eigenvalue weighted by Crippen LogP contribution is -2.53. The number of carbonyl (C=O) groups excluding carboxylic acids is 2. The minimum atomic E-state index is -4.19. The van der Waals surface area contributed by atoms with Crippen molar-refractivity contribution >= 4 is 50.7 Å². The van der Waals surface area contributed by atoms with E-state index in [0.29, 0.717) is 11.4 Å². The number of hydrogen-bond acceptors (Lipinski definition) is 4. The fourth-order valence-corrected chi connectivity index (χ4v) is 6.00. The van der Waals surface area contributed by atoms with Crippen LogP contribution in [0.2, 0.25) is 10.0 Å². The van der Waals surface area contributed by atoms with E-state index >= 15 is 0 Å². The molecule has 2 amide bonds. The average molecular weight is 605 g/mol. The highest BCUT2D eigenvalue weighted by atomic mass is 35.5. The molecule has 0 radical (unpaired) electrons. The van der Waals surface area contributed by atoms with Crippen LogP contribution >= 0.6 is 23.2 Å². The lowest BCUT2D eigenvalue weighted by Gasteiger charge is -2.34. The fourth-order valence-electron chi connectivity index (χ4n) is 4.15. The van der Waals surface area contributed by atoms with Crippen LogP contribution in [-0.4, -0.2) is 43.8 Å². The van der Waals surface area contributed by atoms with E-state index in [0.717, 1.165) is 21.9 Å². The molecule has 0 unspecified atom stereocenters. The topological polar surface area (TPSA) is 86.8 Å². The molecule has 3 rings (SSSR count). The molecule has 0 bridgehead atoms. The molecule has 0 saturated heterocycles. The Hall–Kier alpha value is -3.07. The number of sulfonamides is 1. The van der Waals surface area contributed by atoms with Gasteiger partial charge in [0.25, 0.3) is 10.0 Å². The first-order valence-corrected chi connectivity index (χ1v) is 15.4. The molecule has 0 aliphatic carbocycles. The number of benzene rings is 3. The van der Waals surface area contributed by atoms with Gasteiger partial charge in [-0.2, -0.15) is 0 Å². The summed E-state index contributed by atoms with van der Waals surface area (Å²) in [5.74, 6) is -0.846. The number of amides is 2. The third-order valence-corrected chi connectivity index (χ3v) is 9.01. The van der Waals surface area contributed by atoms with Crippen molar-refractivity contribution in [3.63, 3.8) is 0 Å². The van der Waals surface area contributed by atoms with Crippen molar-refractivity contribution in [3.05, 3.63) is 94.0 Å². The standard InChI is InChI=1S/C30H35Cl2N3O4S/c1-5-22(4)33-30(37)27(6-2)34(19-23-13-15-24(31)16-14-23)29(36)20-35(28-10-8-7-9-26(28)32)40(38,39)25-17-11-21(3)12-18-25/h7-18,22,27H,5-6,19-20H2,1-4H3,(H,33,37)/t22-,27-/m1/s1. The highest BCUT2D eigenvalue weighted by Crippen LogP contribution is 2.31. The number of hydrogen-bond donors (Lipinski definition) is 1. The Bertz CT molecular complexity index is 1410. The van der Waals surface area contributed by atoms with E-state index in [4.69, 9.17) is 23.2 Å². The predicted molar refractivity (Wildman–Crippen MR) is 161 cm³/mol. The zero-order chi connectivity index (χ0) is 29.4. The van der Waals surface area contributed by atoms with Gasteiger partial charge in [0.1, 0.15) is 12.6 Å². The zero-order valence-electron chi connectivity index (χ0n) is 23.1. The van der Waals surface area contributed by atoms with Crippen molar-refractivity contribution < 1.29 is 18.0 Å². The Morgan fingerprint density at radius 3 is 2.10 bits per heavy atom. The summed E-state index contributed by atoms with van der Waals surface area (Å²) in [6.45, 7) is 7.06. The molecule has 10 heteroatoms. The van der Waals surface area contributed by atoms with Gasteiger partial charge < -0.3 is 10.2 Å². The summed E-state index contributed by atoms with van der Waals surface area (Å²) in [6, 6.07) is 18.9. The SMILES string of the molecule is CC[C@@H](C)NC(=O)[C@@H](CC)N(Cc1ccc(Cl)cc1)C(=O)CN(c1ccccc1Cl)S(=O)(=O)c1ccc(C)cc1. The van der Waals surface area contributed by atoms with Crippen LogP contribution in [0.4, 0.5) is 5.69 Å². The van der Waals surface area contributed by atoms with Crippen molar-refractivity contribution in [2.75, 3.05) is 10.8 Å². The molecule has 3 aromatic rings. The molecule has 0 aromatic heterocycles. The van der Waals surface area contributed by atoms with Crippen LogP contribution in [-0.2, 0) is 26.2 Å². The van der Waals surface area contributed by atoms with Gasteiger partial charge in [-0.15, -0.1) is 0 Å². The highest BCUT2D eigenvalue weighted by Gasteiger charge is 2.34. The molecule has 0 aliphatic heterocycles. The normalized spacial score (nSPS) is 12.8. The molecule has 40 heavy (non-hydrogen) atoms. The first kappa shape index (κ1) is 31.5. The number of anilines is 1. The van der Waals surface area contributed by atoms with E-state index in [1.807, 2.05) is 27.7 Å². The maximum absolute atomic E-state index is 14.1. The van der Waals surface area contributed by atoms with E-state index in [1.165, 1.54) is 17.0 Å². The van der Waals surface area contributed by atoms with Crippen LogP contribution in [0, 0.1) is 6.92 Å². The van der Waals surface area contributed by atoms with Gasteiger partial charge in [-0.1, -0.05) is 79.0 Å². The Morgan fingerprint density at radius 1 is 0.900 bits per heavy atom. The van der Waals surface area contributed by atoms with Gasteiger partial charge in [0.05, 0.1) is 15.6 Å². The van der Waals surface area contributed by atoms with Gasteiger partial charge in [0, 0.05) is 17.6 Å². The first-order chi connectivity index (χ1) is 19.0. The molecule has 0 heterocycles. The summed E-state index contributed by atoms with van der Waals surface area (Å²) in [6.07, 6.45) is 1.06. The molecular weight excluding hydrogens is 569 g/mol. The summed E-state index contributed by atoms with van der Waals surface area (Å²) < 4.78 is 28.8. The molecule has 0 spiro atoms. The summed E-state index contributed by atoms with van der Waals surface area (Å²) >= 11 is 12.5. The summed E-state index contributed by atoms with van der Waals surface area (Å²) in [4.78, 5) is 28.8. The van der Waals surface area contributed by atoms with Crippen molar-refractivity contribution in [3.8, 4) is 0 Å². The second kappa shape index (κ2) is 14.0. The first-order valence-electron chi connectivity index (χ1n) is 13.2.